The van der Waals surface area contributed by atoms with Crippen LogP contribution in [0.4, 0.5) is 13.2 Å². The number of aliphatic hydroxyl groups is 1. The highest BCUT2D eigenvalue weighted by Gasteiger charge is 2.25. The first-order chi connectivity index (χ1) is 7.84. The van der Waals surface area contributed by atoms with Gasteiger partial charge in [0.25, 0.3) is 0 Å². The molecule has 1 aromatic carbocycles. The average Bonchev–Trinajstić information content (AvgIpc) is 2.21. The smallest absolute Gasteiger partial charge is 0.387 e. The molecule has 2 N–H and O–H groups in total. The van der Waals surface area contributed by atoms with Gasteiger partial charge < -0.3 is 14.9 Å². The molecule has 0 aliphatic heterocycles. The van der Waals surface area contributed by atoms with Gasteiger partial charge in [-0.3, -0.25) is 0 Å². The van der Waals surface area contributed by atoms with Gasteiger partial charge >= 0.3 is 12.6 Å². The molecule has 0 saturated heterocycles. The molecule has 0 saturated carbocycles. The molecule has 0 aromatic heterocycles. The molecule has 0 aliphatic rings. The topological polar surface area (TPSA) is 66.8 Å². The lowest BCUT2D eigenvalue weighted by atomic mass is 10.0. The quantitative estimate of drug-likeness (QED) is 0.855. The Labute approximate surface area is 94.3 Å². The van der Waals surface area contributed by atoms with E-state index in [1.165, 1.54) is 13.0 Å². The molecule has 1 unspecified atom stereocenters. The Kier molecular flexibility index (Phi) is 3.95. The molecule has 7 heteroatoms. The zero-order valence-corrected chi connectivity index (χ0v) is 8.65. The van der Waals surface area contributed by atoms with E-state index in [9.17, 15) is 23.1 Å². The van der Waals surface area contributed by atoms with Crippen molar-refractivity contribution in [3.05, 3.63) is 29.1 Å². The molecule has 94 valence electrons. The number of alkyl halides is 2. The van der Waals surface area contributed by atoms with Gasteiger partial charge in [0, 0.05) is 5.56 Å². The molecule has 0 heterocycles. The van der Waals surface area contributed by atoms with Crippen molar-refractivity contribution in [3.63, 3.8) is 0 Å². The number of hydrogen-bond acceptors (Lipinski definition) is 3. The van der Waals surface area contributed by atoms with Crippen LogP contribution in [0.1, 0.15) is 17.2 Å². The van der Waals surface area contributed by atoms with Crippen LogP contribution < -0.4 is 4.74 Å². The van der Waals surface area contributed by atoms with Gasteiger partial charge in [-0.15, -0.1) is 0 Å². The van der Waals surface area contributed by atoms with E-state index in [0.717, 1.165) is 6.07 Å². The van der Waals surface area contributed by atoms with Gasteiger partial charge in [0.2, 0.25) is 0 Å². The Morgan fingerprint density at radius 3 is 2.47 bits per heavy atom. The van der Waals surface area contributed by atoms with Crippen molar-refractivity contribution in [2.75, 3.05) is 0 Å². The summed E-state index contributed by atoms with van der Waals surface area (Å²) in [6, 6.07) is 2.12. The molecule has 17 heavy (non-hydrogen) atoms. The Bertz CT molecular complexity index is 434. The van der Waals surface area contributed by atoms with Crippen LogP contribution in [-0.2, 0) is 4.79 Å². The molecule has 0 fully saturated rings. The third-order valence-electron chi connectivity index (χ3n) is 2.09. The number of aliphatic hydroxyl groups excluding tert-OH is 1. The van der Waals surface area contributed by atoms with Crippen LogP contribution in [0.15, 0.2) is 12.1 Å². The Morgan fingerprint density at radius 2 is 2.00 bits per heavy atom. The van der Waals surface area contributed by atoms with Crippen molar-refractivity contribution in [2.45, 2.75) is 19.6 Å². The zero-order chi connectivity index (χ0) is 13.2. The van der Waals surface area contributed by atoms with Crippen LogP contribution in [0.2, 0.25) is 0 Å². The van der Waals surface area contributed by atoms with Gasteiger partial charge in [0.05, 0.1) is 0 Å². The van der Waals surface area contributed by atoms with Crippen LogP contribution in [-0.4, -0.2) is 22.8 Å². The molecule has 0 spiro atoms. The van der Waals surface area contributed by atoms with E-state index >= 15 is 0 Å². The second kappa shape index (κ2) is 5.05. The maximum atomic E-state index is 13.6. The van der Waals surface area contributed by atoms with E-state index in [-0.39, 0.29) is 5.56 Å². The number of benzene rings is 1. The van der Waals surface area contributed by atoms with Crippen LogP contribution in [0.3, 0.4) is 0 Å². The van der Waals surface area contributed by atoms with E-state index in [1.807, 2.05) is 0 Å². The Morgan fingerprint density at radius 1 is 1.41 bits per heavy atom. The fraction of sp³-hybridized carbons (Fsp3) is 0.300. The van der Waals surface area contributed by atoms with Crippen LogP contribution >= 0.6 is 0 Å². The number of aliphatic carboxylic acids is 1. The summed E-state index contributed by atoms with van der Waals surface area (Å²) in [4.78, 5) is 10.5. The van der Waals surface area contributed by atoms with Gasteiger partial charge in [-0.2, -0.15) is 8.78 Å². The van der Waals surface area contributed by atoms with Crippen molar-refractivity contribution in [2.24, 2.45) is 0 Å². The number of halogens is 3. The number of ether oxygens (including phenoxy) is 1. The van der Waals surface area contributed by atoms with Gasteiger partial charge in [-0.05, 0) is 18.6 Å². The summed E-state index contributed by atoms with van der Waals surface area (Å²) in [5, 5.41) is 17.8. The number of carbonyl (C=O) groups is 1. The number of hydrogen-bond donors (Lipinski definition) is 2. The van der Waals surface area contributed by atoms with Crippen molar-refractivity contribution < 1.29 is 32.9 Å². The summed E-state index contributed by atoms with van der Waals surface area (Å²) >= 11 is 0. The summed E-state index contributed by atoms with van der Waals surface area (Å²) in [5.41, 5.74) is -0.463. The highest BCUT2D eigenvalue weighted by Crippen LogP contribution is 2.29. The fourth-order valence-corrected chi connectivity index (χ4v) is 1.32. The minimum atomic E-state index is -3.23. The molecule has 0 bridgehead atoms. The number of carboxylic acids is 1. The fourth-order valence-electron chi connectivity index (χ4n) is 1.32. The third kappa shape index (κ3) is 2.88. The lowest BCUT2D eigenvalue weighted by molar-refractivity contribution is -0.147. The second-order valence-electron chi connectivity index (χ2n) is 3.23. The van der Waals surface area contributed by atoms with E-state index < -0.39 is 35.8 Å². The summed E-state index contributed by atoms with van der Waals surface area (Å²) in [7, 11) is 0. The maximum absolute atomic E-state index is 13.6. The average molecular weight is 250 g/mol. The van der Waals surface area contributed by atoms with E-state index in [0.29, 0.717) is 0 Å². The minimum Gasteiger partial charge on any atom is -0.479 e. The first kappa shape index (κ1) is 13.3. The molecule has 1 aromatic rings. The summed E-state index contributed by atoms with van der Waals surface area (Å²) in [6.45, 7) is -1.89. The Hall–Kier alpha value is -1.76. The Balaban J connectivity index is 3.24. The minimum absolute atomic E-state index is 0.124. The van der Waals surface area contributed by atoms with Crippen molar-refractivity contribution in [3.8, 4) is 5.75 Å². The second-order valence-corrected chi connectivity index (χ2v) is 3.23. The van der Waals surface area contributed by atoms with E-state index in [4.69, 9.17) is 5.11 Å². The van der Waals surface area contributed by atoms with Crippen LogP contribution in [0.25, 0.3) is 0 Å². The van der Waals surface area contributed by atoms with Crippen molar-refractivity contribution in [1.82, 2.24) is 0 Å². The molecule has 4 nitrogen and oxygen atoms in total. The SMILES string of the molecule is Cc1ccc(OC(F)F)c(F)c1C(O)C(=O)O. The maximum Gasteiger partial charge on any atom is 0.387 e. The zero-order valence-electron chi connectivity index (χ0n) is 8.65. The summed E-state index contributed by atoms with van der Waals surface area (Å²) < 4.78 is 41.3. The number of aryl methyl sites for hydroxylation is 1. The van der Waals surface area contributed by atoms with Gasteiger partial charge in [0.1, 0.15) is 0 Å². The monoisotopic (exact) mass is 250 g/mol. The predicted octanol–water partition coefficient (Wildman–Crippen LogP) is 1.85. The number of rotatable bonds is 4. The highest BCUT2D eigenvalue weighted by molar-refractivity contribution is 5.75. The first-order valence-electron chi connectivity index (χ1n) is 4.49. The summed E-state index contributed by atoms with van der Waals surface area (Å²) in [5.74, 6) is -3.79. The van der Waals surface area contributed by atoms with Crippen molar-refractivity contribution >= 4 is 5.97 Å². The van der Waals surface area contributed by atoms with Crippen LogP contribution in [0.5, 0.6) is 5.75 Å². The molecular weight excluding hydrogens is 241 g/mol. The van der Waals surface area contributed by atoms with Crippen LogP contribution in [0, 0.1) is 12.7 Å². The molecule has 1 rings (SSSR count). The standard InChI is InChI=1S/C10H9F3O4/c1-4-2-3-5(17-10(12)13)7(11)6(4)8(14)9(15)16/h2-3,8,10,14H,1H3,(H,15,16). The first-order valence-corrected chi connectivity index (χ1v) is 4.49. The van der Waals surface area contributed by atoms with Gasteiger partial charge in [-0.25, -0.2) is 9.18 Å². The molecule has 0 aliphatic carbocycles. The lowest BCUT2D eigenvalue weighted by Crippen LogP contribution is -2.15. The van der Waals surface area contributed by atoms with Gasteiger partial charge in [0.15, 0.2) is 17.7 Å². The van der Waals surface area contributed by atoms with Gasteiger partial charge in [-0.1, -0.05) is 6.07 Å². The van der Waals surface area contributed by atoms with Crippen molar-refractivity contribution in [1.29, 1.82) is 0 Å². The largest absolute Gasteiger partial charge is 0.479 e. The summed E-state index contributed by atoms with van der Waals surface area (Å²) in [6.07, 6.45) is -2.13. The van der Waals surface area contributed by atoms with E-state index in [2.05, 4.69) is 4.74 Å². The lowest BCUT2D eigenvalue weighted by Gasteiger charge is -2.14. The third-order valence-corrected chi connectivity index (χ3v) is 2.09. The molecular formula is C10H9F3O4. The highest BCUT2D eigenvalue weighted by atomic mass is 19.3. The molecule has 0 radical (unpaired) electrons. The predicted molar refractivity (Wildman–Crippen MR) is 50.4 cm³/mol. The number of carboxylic acid groups (broad SMARTS) is 1. The van der Waals surface area contributed by atoms with E-state index in [1.54, 1.807) is 0 Å². The molecule has 0 amide bonds. The molecule has 1 atom stereocenters. The normalized spacial score (nSPS) is 12.6.